The number of aryl methyl sites for hydroxylation is 1. The average Bonchev–Trinajstić information content (AvgIpc) is 2.60. The minimum absolute atomic E-state index is 0.101. The van der Waals surface area contributed by atoms with Gasteiger partial charge in [0.25, 0.3) is 5.91 Å². The summed E-state index contributed by atoms with van der Waals surface area (Å²) in [6.45, 7) is 3.34. The second-order valence-electron chi connectivity index (χ2n) is 6.06. The number of hydrogen-bond acceptors (Lipinski definition) is 4. The van der Waals surface area contributed by atoms with Crippen LogP contribution in [0.25, 0.3) is 0 Å². The fourth-order valence-electron chi connectivity index (χ4n) is 2.44. The Morgan fingerprint density at radius 2 is 1.92 bits per heavy atom. The molecule has 0 radical (unpaired) electrons. The smallest absolute Gasteiger partial charge is 0.311 e. The molecule has 0 fully saturated rings. The highest BCUT2D eigenvalue weighted by atomic mass is 19.1. The van der Waals surface area contributed by atoms with Gasteiger partial charge in [0.15, 0.2) is 6.10 Å². The van der Waals surface area contributed by atoms with Crippen molar-refractivity contribution in [3.05, 3.63) is 70.0 Å². The van der Waals surface area contributed by atoms with Crippen molar-refractivity contribution in [3.8, 4) is 5.75 Å². The first-order valence-corrected chi connectivity index (χ1v) is 8.31. The lowest BCUT2D eigenvalue weighted by molar-refractivity contribution is -0.386. The Bertz CT molecular complexity index is 767. The van der Waals surface area contributed by atoms with Crippen molar-refractivity contribution in [2.45, 2.75) is 38.8 Å². The number of nitrogens with one attached hydrogen (secondary N) is 1. The van der Waals surface area contributed by atoms with E-state index in [1.807, 2.05) is 37.3 Å². The zero-order chi connectivity index (χ0) is 19.1. The van der Waals surface area contributed by atoms with Crippen molar-refractivity contribution < 1.29 is 18.8 Å². The predicted octanol–water partition coefficient (Wildman–Crippen LogP) is 3.64. The van der Waals surface area contributed by atoms with Gasteiger partial charge in [-0.2, -0.15) is 0 Å². The van der Waals surface area contributed by atoms with Crippen molar-refractivity contribution in [1.29, 1.82) is 0 Å². The Kier molecular flexibility index (Phi) is 6.66. The second-order valence-corrected chi connectivity index (χ2v) is 6.06. The maximum atomic E-state index is 13.3. The van der Waals surface area contributed by atoms with Gasteiger partial charge in [-0.05, 0) is 38.3 Å². The first-order chi connectivity index (χ1) is 12.4. The lowest BCUT2D eigenvalue weighted by atomic mass is 10.1. The average molecular weight is 360 g/mol. The van der Waals surface area contributed by atoms with Crippen LogP contribution >= 0.6 is 0 Å². The summed E-state index contributed by atoms with van der Waals surface area (Å²) in [5.74, 6) is -1.35. The molecule has 0 aromatic heterocycles. The molecule has 2 aromatic carbocycles. The van der Waals surface area contributed by atoms with E-state index in [0.29, 0.717) is 0 Å². The van der Waals surface area contributed by atoms with E-state index >= 15 is 0 Å². The van der Waals surface area contributed by atoms with Crippen LogP contribution in [0.1, 0.15) is 25.8 Å². The molecule has 1 amide bonds. The first kappa shape index (κ1) is 19.4. The molecule has 0 aliphatic heterocycles. The summed E-state index contributed by atoms with van der Waals surface area (Å²) >= 11 is 0. The van der Waals surface area contributed by atoms with E-state index in [2.05, 4.69) is 5.32 Å². The molecule has 2 aromatic rings. The van der Waals surface area contributed by atoms with E-state index in [1.165, 1.54) is 12.5 Å². The van der Waals surface area contributed by atoms with Gasteiger partial charge in [-0.1, -0.05) is 30.3 Å². The third-order valence-corrected chi connectivity index (χ3v) is 3.89. The number of ether oxygens (including phenoxy) is 1. The number of carbonyl (C=O) groups is 1. The monoisotopic (exact) mass is 360 g/mol. The van der Waals surface area contributed by atoms with Crippen LogP contribution in [0, 0.1) is 15.9 Å². The molecule has 2 rings (SSSR count). The maximum absolute atomic E-state index is 13.3. The van der Waals surface area contributed by atoms with Crippen LogP contribution in [0.15, 0.2) is 48.5 Å². The van der Waals surface area contributed by atoms with E-state index in [-0.39, 0.29) is 17.5 Å². The fourth-order valence-corrected chi connectivity index (χ4v) is 2.44. The van der Waals surface area contributed by atoms with Gasteiger partial charge < -0.3 is 10.1 Å². The summed E-state index contributed by atoms with van der Waals surface area (Å²) in [7, 11) is 0. The van der Waals surface area contributed by atoms with Gasteiger partial charge in [0.2, 0.25) is 5.75 Å². The highest BCUT2D eigenvalue weighted by molar-refractivity contribution is 5.81. The molecule has 138 valence electrons. The summed E-state index contributed by atoms with van der Waals surface area (Å²) in [6.07, 6.45) is 0.560. The highest BCUT2D eigenvalue weighted by Gasteiger charge is 2.22. The summed E-state index contributed by atoms with van der Waals surface area (Å²) in [5, 5.41) is 13.8. The van der Waals surface area contributed by atoms with Crippen LogP contribution in [0.3, 0.4) is 0 Å². The lowest BCUT2D eigenvalue weighted by Gasteiger charge is -2.18. The molecule has 1 N–H and O–H groups in total. The number of amides is 1. The summed E-state index contributed by atoms with van der Waals surface area (Å²) in [5.41, 5.74) is 0.788. The van der Waals surface area contributed by atoms with Crippen LogP contribution < -0.4 is 10.1 Å². The number of carbonyl (C=O) groups excluding carboxylic acids is 1. The van der Waals surface area contributed by atoms with Gasteiger partial charge in [-0.15, -0.1) is 0 Å². The number of nitrogens with zero attached hydrogens (tertiary/aromatic N) is 1. The highest BCUT2D eigenvalue weighted by Crippen LogP contribution is 2.28. The molecule has 7 heteroatoms. The van der Waals surface area contributed by atoms with Crippen molar-refractivity contribution >= 4 is 11.6 Å². The molecule has 2 atom stereocenters. The normalized spacial score (nSPS) is 12.9. The molecular formula is C19H21FN2O4. The number of halogens is 1. The maximum Gasteiger partial charge on any atom is 0.311 e. The Hall–Kier alpha value is -2.96. The van der Waals surface area contributed by atoms with E-state index in [0.717, 1.165) is 31.0 Å². The number of benzene rings is 2. The van der Waals surface area contributed by atoms with Gasteiger partial charge in [0, 0.05) is 18.2 Å². The summed E-state index contributed by atoms with van der Waals surface area (Å²) < 4.78 is 18.7. The Balaban J connectivity index is 1.91. The Labute approximate surface area is 151 Å². The summed E-state index contributed by atoms with van der Waals surface area (Å²) in [4.78, 5) is 22.5. The van der Waals surface area contributed by atoms with Gasteiger partial charge in [0.1, 0.15) is 5.82 Å². The number of rotatable bonds is 8. The van der Waals surface area contributed by atoms with E-state index in [4.69, 9.17) is 4.74 Å². The van der Waals surface area contributed by atoms with Gasteiger partial charge in [-0.3, -0.25) is 14.9 Å². The molecule has 0 aliphatic rings. The molecule has 0 aliphatic carbocycles. The van der Waals surface area contributed by atoms with Crippen molar-refractivity contribution in [3.63, 3.8) is 0 Å². The molecule has 6 nitrogen and oxygen atoms in total. The standard InChI is InChI=1S/C19H21FN2O4/c1-13(8-9-15-6-4-3-5-7-15)21-19(23)14(2)26-18-12-16(20)10-11-17(18)22(24)25/h3-7,10-14H,8-9H2,1-2H3,(H,21,23)/t13-,14-/m0/s1. The van der Waals surface area contributed by atoms with Crippen molar-refractivity contribution in [1.82, 2.24) is 5.32 Å². The quantitative estimate of drug-likeness (QED) is 0.576. The number of nitro groups is 1. The first-order valence-electron chi connectivity index (χ1n) is 8.31. The second kappa shape index (κ2) is 8.94. The van der Waals surface area contributed by atoms with Crippen LogP contribution in [-0.4, -0.2) is 23.0 Å². The molecule has 0 unspecified atom stereocenters. The van der Waals surface area contributed by atoms with Crippen LogP contribution in [0.2, 0.25) is 0 Å². The molecule has 26 heavy (non-hydrogen) atoms. The van der Waals surface area contributed by atoms with Crippen LogP contribution in [-0.2, 0) is 11.2 Å². The third-order valence-electron chi connectivity index (χ3n) is 3.89. The Morgan fingerprint density at radius 1 is 1.23 bits per heavy atom. The fraction of sp³-hybridized carbons (Fsp3) is 0.316. The number of hydrogen-bond donors (Lipinski definition) is 1. The largest absolute Gasteiger partial charge is 0.474 e. The zero-order valence-corrected chi connectivity index (χ0v) is 14.6. The Morgan fingerprint density at radius 3 is 2.58 bits per heavy atom. The predicted molar refractivity (Wildman–Crippen MR) is 95.5 cm³/mol. The topological polar surface area (TPSA) is 81.5 Å². The molecule has 0 bridgehead atoms. The van der Waals surface area contributed by atoms with E-state index < -0.39 is 22.8 Å². The molecule has 0 heterocycles. The minimum Gasteiger partial charge on any atom is -0.474 e. The van der Waals surface area contributed by atoms with Crippen LogP contribution in [0.5, 0.6) is 5.75 Å². The van der Waals surface area contributed by atoms with E-state index in [9.17, 15) is 19.3 Å². The number of nitro benzene ring substituents is 1. The lowest BCUT2D eigenvalue weighted by Crippen LogP contribution is -2.41. The summed E-state index contributed by atoms with van der Waals surface area (Å²) in [6, 6.07) is 12.7. The van der Waals surface area contributed by atoms with Gasteiger partial charge in [0.05, 0.1) is 4.92 Å². The van der Waals surface area contributed by atoms with Gasteiger partial charge >= 0.3 is 5.69 Å². The third kappa shape index (κ3) is 5.54. The minimum atomic E-state index is -0.991. The van der Waals surface area contributed by atoms with Crippen LogP contribution in [0.4, 0.5) is 10.1 Å². The van der Waals surface area contributed by atoms with Crippen molar-refractivity contribution in [2.75, 3.05) is 0 Å². The molecule has 0 spiro atoms. The van der Waals surface area contributed by atoms with E-state index in [1.54, 1.807) is 0 Å². The van der Waals surface area contributed by atoms with Crippen molar-refractivity contribution in [2.24, 2.45) is 0 Å². The molecule has 0 saturated carbocycles. The SMILES string of the molecule is C[C@H](Oc1cc(F)ccc1[N+](=O)[O-])C(=O)N[C@@H](C)CCc1ccccc1. The molecule has 0 saturated heterocycles. The molecular weight excluding hydrogens is 339 g/mol. The van der Waals surface area contributed by atoms with Gasteiger partial charge in [-0.25, -0.2) is 4.39 Å². The zero-order valence-electron chi connectivity index (χ0n) is 14.6.